The van der Waals surface area contributed by atoms with Gasteiger partial charge in [0.25, 0.3) is 0 Å². The van der Waals surface area contributed by atoms with Gasteiger partial charge in [-0.25, -0.2) is 0 Å². The first-order chi connectivity index (χ1) is 8.80. The Morgan fingerprint density at radius 2 is 2.28 bits per heavy atom. The van der Waals surface area contributed by atoms with Gasteiger partial charge < -0.3 is 10.5 Å². The number of methoxy groups -OCH3 is 1. The van der Waals surface area contributed by atoms with Crippen molar-refractivity contribution < 1.29 is 4.74 Å². The fourth-order valence-corrected chi connectivity index (χ4v) is 3.16. The second-order valence-corrected chi connectivity index (χ2v) is 5.28. The summed E-state index contributed by atoms with van der Waals surface area (Å²) >= 11 is 0. The quantitative estimate of drug-likeness (QED) is 0.891. The maximum Gasteiger partial charge on any atom is 0.140 e. The van der Waals surface area contributed by atoms with E-state index in [9.17, 15) is 0 Å². The van der Waals surface area contributed by atoms with E-state index < -0.39 is 0 Å². The van der Waals surface area contributed by atoms with Gasteiger partial charge in [-0.05, 0) is 43.4 Å². The first-order valence-corrected chi connectivity index (χ1v) is 6.99. The Morgan fingerprint density at radius 3 is 2.94 bits per heavy atom. The maximum absolute atomic E-state index is 5.94. The second kappa shape index (κ2) is 6.19. The molecule has 18 heavy (non-hydrogen) atoms. The van der Waals surface area contributed by atoms with Gasteiger partial charge in [-0.3, -0.25) is 4.98 Å². The average molecular weight is 248 g/mol. The molecule has 1 fully saturated rings. The number of pyridine rings is 1. The predicted molar refractivity (Wildman–Crippen MR) is 73.7 cm³/mol. The Kier molecular flexibility index (Phi) is 4.59. The van der Waals surface area contributed by atoms with E-state index in [2.05, 4.69) is 11.9 Å². The highest BCUT2D eigenvalue weighted by atomic mass is 16.5. The van der Waals surface area contributed by atoms with Crippen LogP contribution in [0.1, 0.15) is 44.2 Å². The van der Waals surface area contributed by atoms with Crippen molar-refractivity contribution in [2.45, 2.75) is 38.5 Å². The lowest BCUT2D eigenvalue weighted by Gasteiger charge is -2.35. The minimum absolute atomic E-state index is 0.463. The van der Waals surface area contributed by atoms with Gasteiger partial charge in [0.05, 0.1) is 12.8 Å². The Bertz CT molecular complexity index is 381. The van der Waals surface area contributed by atoms with E-state index in [0.717, 1.165) is 23.9 Å². The molecule has 0 saturated heterocycles. The summed E-state index contributed by atoms with van der Waals surface area (Å²) in [6, 6.07) is 3.94. The minimum Gasteiger partial charge on any atom is -0.495 e. The van der Waals surface area contributed by atoms with Crippen LogP contribution in [0.15, 0.2) is 18.3 Å². The molecule has 2 N–H and O–H groups in total. The third kappa shape index (κ3) is 2.66. The minimum atomic E-state index is 0.463. The van der Waals surface area contributed by atoms with E-state index in [1.165, 1.54) is 25.7 Å². The van der Waals surface area contributed by atoms with Crippen LogP contribution in [-0.4, -0.2) is 18.6 Å². The fourth-order valence-electron chi connectivity index (χ4n) is 3.16. The van der Waals surface area contributed by atoms with Crippen molar-refractivity contribution in [3.05, 3.63) is 24.0 Å². The zero-order chi connectivity index (χ0) is 13.0. The van der Waals surface area contributed by atoms with Gasteiger partial charge in [-0.15, -0.1) is 0 Å². The van der Waals surface area contributed by atoms with E-state index in [-0.39, 0.29) is 0 Å². The SMILES string of the molecule is CCC1CCC(CN)C(c2ncccc2OC)C1. The first-order valence-electron chi connectivity index (χ1n) is 6.99. The molecule has 3 heteroatoms. The molecule has 0 aliphatic heterocycles. The van der Waals surface area contributed by atoms with E-state index in [4.69, 9.17) is 10.5 Å². The predicted octanol–water partition coefficient (Wildman–Crippen LogP) is 2.96. The van der Waals surface area contributed by atoms with Gasteiger partial charge in [0.15, 0.2) is 0 Å². The molecule has 0 spiro atoms. The molecule has 1 saturated carbocycles. The van der Waals surface area contributed by atoms with Crippen molar-refractivity contribution in [3.8, 4) is 5.75 Å². The number of hydrogen-bond acceptors (Lipinski definition) is 3. The molecular formula is C15H24N2O. The number of ether oxygens (including phenoxy) is 1. The molecule has 0 aromatic carbocycles. The summed E-state index contributed by atoms with van der Waals surface area (Å²) in [6.45, 7) is 3.03. The van der Waals surface area contributed by atoms with Crippen LogP contribution in [0.3, 0.4) is 0 Å². The lowest BCUT2D eigenvalue weighted by atomic mass is 9.71. The zero-order valence-corrected chi connectivity index (χ0v) is 11.4. The van der Waals surface area contributed by atoms with Gasteiger partial charge in [0.2, 0.25) is 0 Å². The third-order valence-electron chi connectivity index (χ3n) is 4.35. The normalized spacial score (nSPS) is 28.1. The van der Waals surface area contributed by atoms with Crippen LogP contribution in [0.5, 0.6) is 5.75 Å². The van der Waals surface area contributed by atoms with Crippen LogP contribution in [-0.2, 0) is 0 Å². The largest absolute Gasteiger partial charge is 0.495 e. The molecule has 3 nitrogen and oxygen atoms in total. The summed E-state index contributed by atoms with van der Waals surface area (Å²) in [6.07, 6.45) is 6.85. The molecule has 0 bridgehead atoms. The standard InChI is InChI=1S/C15H24N2O/c1-3-11-6-7-12(10-16)13(9-11)15-14(18-2)5-4-8-17-15/h4-5,8,11-13H,3,6-7,9-10,16H2,1-2H3. The number of hydrogen-bond donors (Lipinski definition) is 1. The number of aromatic nitrogens is 1. The molecule has 1 aromatic rings. The molecule has 1 aromatic heterocycles. The molecule has 0 radical (unpaired) electrons. The van der Waals surface area contributed by atoms with Crippen molar-refractivity contribution in [1.82, 2.24) is 4.98 Å². The Morgan fingerprint density at radius 1 is 1.44 bits per heavy atom. The monoisotopic (exact) mass is 248 g/mol. The van der Waals surface area contributed by atoms with Crippen LogP contribution < -0.4 is 10.5 Å². The lowest BCUT2D eigenvalue weighted by Crippen LogP contribution is -2.29. The van der Waals surface area contributed by atoms with Gasteiger partial charge in [-0.2, -0.15) is 0 Å². The summed E-state index contributed by atoms with van der Waals surface area (Å²) in [5.74, 6) is 2.74. The van der Waals surface area contributed by atoms with Crippen molar-refractivity contribution in [3.63, 3.8) is 0 Å². The van der Waals surface area contributed by atoms with Gasteiger partial charge in [0.1, 0.15) is 5.75 Å². The third-order valence-corrected chi connectivity index (χ3v) is 4.35. The van der Waals surface area contributed by atoms with E-state index in [1.54, 1.807) is 7.11 Å². The molecule has 3 atom stereocenters. The summed E-state index contributed by atoms with van der Waals surface area (Å²) in [7, 11) is 1.72. The zero-order valence-electron chi connectivity index (χ0n) is 11.4. The summed E-state index contributed by atoms with van der Waals surface area (Å²) in [5.41, 5.74) is 7.05. The number of nitrogens with zero attached hydrogens (tertiary/aromatic N) is 1. The first kappa shape index (κ1) is 13.3. The smallest absolute Gasteiger partial charge is 0.140 e. The van der Waals surface area contributed by atoms with Gasteiger partial charge in [-0.1, -0.05) is 19.8 Å². The van der Waals surface area contributed by atoms with Gasteiger partial charge >= 0.3 is 0 Å². The molecule has 1 aliphatic rings. The summed E-state index contributed by atoms with van der Waals surface area (Å²) in [4.78, 5) is 4.56. The van der Waals surface area contributed by atoms with Crippen LogP contribution in [0.2, 0.25) is 0 Å². The average Bonchev–Trinajstić information content (AvgIpc) is 2.46. The highest BCUT2D eigenvalue weighted by molar-refractivity contribution is 5.30. The second-order valence-electron chi connectivity index (χ2n) is 5.28. The highest BCUT2D eigenvalue weighted by Gasteiger charge is 2.32. The Hall–Kier alpha value is -1.09. The van der Waals surface area contributed by atoms with Crippen LogP contribution in [0.4, 0.5) is 0 Å². The van der Waals surface area contributed by atoms with E-state index >= 15 is 0 Å². The maximum atomic E-state index is 5.94. The number of nitrogens with two attached hydrogens (primary N) is 1. The highest BCUT2D eigenvalue weighted by Crippen LogP contribution is 2.43. The molecular weight excluding hydrogens is 224 g/mol. The summed E-state index contributed by atoms with van der Waals surface area (Å²) < 4.78 is 5.46. The summed E-state index contributed by atoms with van der Waals surface area (Å²) in [5, 5.41) is 0. The molecule has 1 heterocycles. The van der Waals surface area contributed by atoms with Crippen LogP contribution in [0, 0.1) is 11.8 Å². The van der Waals surface area contributed by atoms with Crippen molar-refractivity contribution in [2.75, 3.05) is 13.7 Å². The van der Waals surface area contributed by atoms with Crippen molar-refractivity contribution >= 4 is 0 Å². The molecule has 3 unspecified atom stereocenters. The molecule has 0 amide bonds. The van der Waals surface area contributed by atoms with E-state index in [1.807, 2.05) is 18.3 Å². The van der Waals surface area contributed by atoms with Crippen LogP contribution in [0.25, 0.3) is 0 Å². The Balaban J connectivity index is 2.26. The van der Waals surface area contributed by atoms with Crippen molar-refractivity contribution in [1.29, 1.82) is 0 Å². The fraction of sp³-hybridized carbons (Fsp3) is 0.667. The van der Waals surface area contributed by atoms with Crippen molar-refractivity contribution in [2.24, 2.45) is 17.6 Å². The lowest BCUT2D eigenvalue weighted by molar-refractivity contribution is 0.228. The Labute approximate surface area is 110 Å². The topological polar surface area (TPSA) is 48.1 Å². The van der Waals surface area contributed by atoms with E-state index in [0.29, 0.717) is 11.8 Å². The number of rotatable bonds is 4. The molecule has 100 valence electrons. The van der Waals surface area contributed by atoms with Gasteiger partial charge in [0, 0.05) is 12.1 Å². The molecule has 2 rings (SSSR count). The van der Waals surface area contributed by atoms with Crippen LogP contribution >= 0.6 is 0 Å². The molecule has 1 aliphatic carbocycles.